The zero-order chi connectivity index (χ0) is 24.0. The molecule has 0 radical (unpaired) electrons. The molecule has 1 aliphatic heterocycles. The summed E-state index contributed by atoms with van der Waals surface area (Å²) in [6.45, 7) is 2.40. The predicted molar refractivity (Wildman–Crippen MR) is 133 cm³/mol. The van der Waals surface area contributed by atoms with Crippen molar-refractivity contribution in [2.45, 2.75) is 18.6 Å². The maximum absolute atomic E-state index is 11.9. The minimum absolute atomic E-state index is 0.0464. The van der Waals surface area contributed by atoms with E-state index in [2.05, 4.69) is 4.90 Å². The Hall–Kier alpha value is -2.77. The van der Waals surface area contributed by atoms with Gasteiger partial charge in [0.2, 0.25) is 5.91 Å². The summed E-state index contributed by atoms with van der Waals surface area (Å²) in [7, 11) is 0. The number of carbonyl (C=O) groups excluding carboxylic acids is 1. The normalized spacial score (nSPS) is 18.4. The Morgan fingerprint density at radius 3 is 2.44 bits per heavy atom. The number of hydrogen-bond donors (Lipinski definition) is 1. The summed E-state index contributed by atoms with van der Waals surface area (Å²) in [5, 5.41) is 1.18. The average molecular weight is 501 g/mol. The third-order valence-corrected chi connectivity index (χ3v) is 5.98. The van der Waals surface area contributed by atoms with E-state index in [4.69, 9.17) is 43.1 Å². The zero-order valence-corrected chi connectivity index (χ0v) is 20.1. The predicted octanol–water partition coefficient (Wildman–Crippen LogP) is 5.31. The van der Waals surface area contributed by atoms with Crippen LogP contribution in [0.5, 0.6) is 17.2 Å². The molecule has 4 rings (SSSR count). The molecule has 2 N–H and O–H groups in total. The molecule has 1 atom stereocenters. The van der Waals surface area contributed by atoms with Crippen LogP contribution in [-0.2, 0) is 16.1 Å². The Morgan fingerprint density at radius 2 is 1.71 bits per heavy atom. The highest BCUT2D eigenvalue weighted by molar-refractivity contribution is 6.31. The molecule has 1 aliphatic rings. The highest BCUT2D eigenvalue weighted by Gasteiger charge is 2.39. The van der Waals surface area contributed by atoms with E-state index in [9.17, 15) is 4.79 Å². The second-order valence-electron chi connectivity index (χ2n) is 8.30. The van der Waals surface area contributed by atoms with Gasteiger partial charge in [-0.05, 0) is 42.5 Å². The topological polar surface area (TPSA) is 74.0 Å². The van der Waals surface area contributed by atoms with Gasteiger partial charge >= 0.3 is 0 Å². The van der Waals surface area contributed by atoms with E-state index in [0.29, 0.717) is 47.8 Å². The minimum Gasteiger partial charge on any atom is -0.490 e. The molecule has 0 aliphatic carbocycles. The van der Waals surface area contributed by atoms with Gasteiger partial charge in [0.1, 0.15) is 29.5 Å². The van der Waals surface area contributed by atoms with Crippen LogP contribution in [0.15, 0.2) is 72.8 Å². The lowest BCUT2D eigenvalue weighted by molar-refractivity contribution is -0.148. The first-order valence-electron chi connectivity index (χ1n) is 11.0. The summed E-state index contributed by atoms with van der Waals surface area (Å²) in [5.74, 6) is 1.57. The van der Waals surface area contributed by atoms with Crippen LogP contribution in [0.2, 0.25) is 10.0 Å². The number of carbonyl (C=O) groups is 1. The molecule has 0 aromatic heterocycles. The molecular formula is C26H26Cl2N2O4. The molecule has 1 fully saturated rings. The number of amides is 1. The molecule has 6 nitrogen and oxygen atoms in total. The standard InChI is InChI=1S/C26H26Cl2N2O4/c27-20-6-3-8-22(13-20)32-18-26(15-25(29)31)17-30(11-12-33-26)16-19-5-1-2-10-24(19)34-23-9-4-7-21(28)14-23/h1-10,13-14H,11-12,15-18H2,(H2,29,31)/t26-/m0/s1. The van der Waals surface area contributed by atoms with Gasteiger partial charge in [-0.3, -0.25) is 9.69 Å². The summed E-state index contributed by atoms with van der Waals surface area (Å²) < 4.78 is 18.2. The van der Waals surface area contributed by atoms with Crippen LogP contribution in [0.3, 0.4) is 0 Å². The summed E-state index contributed by atoms with van der Waals surface area (Å²) in [6.07, 6.45) is 0.0464. The molecule has 0 unspecified atom stereocenters. The summed E-state index contributed by atoms with van der Waals surface area (Å²) >= 11 is 12.2. The van der Waals surface area contributed by atoms with Crippen LogP contribution < -0.4 is 15.2 Å². The number of para-hydroxylation sites is 1. The zero-order valence-electron chi connectivity index (χ0n) is 18.6. The van der Waals surface area contributed by atoms with Crippen molar-refractivity contribution in [1.82, 2.24) is 4.90 Å². The van der Waals surface area contributed by atoms with Gasteiger partial charge in [0, 0.05) is 35.2 Å². The van der Waals surface area contributed by atoms with E-state index in [1.54, 1.807) is 24.3 Å². The molecular weight excluding hydrogens is 475 g/mol. The number of benzene rings is 3. The number of hydrogen-bond acceptors (Lipinski definition) is 5. The smallest absolute Gasteiger partial charge is 0.220 e. The summed E-state index contributed by atoms with van der Waals surface area (Å²) in [6, 6.07) is 22.3. The van der Waals surface area contributed by atoms with E-state index < -0.39 is 11.5 Å². The third kappa shape index (κ3) is 6.64. The van der Waals surface area contributed by atoms with Crippen molar-refractivity contribution in [3.8, 4) is 17.2 Å². The Kier molecular flexibility index (Phi) is 7.95. The minimum atomic E-state index is -0.866. The first-order chi connectivity index (χ1) is 16.4. The first-order valence-corrected chi connectivity index (χ1v) is 11.7. The van der Waals surface area contributed by atoms with Gasteiger partial charge < -0.3 is 19.9 Å². The van der Waals surface area contributed by atoms with Gasteiger partial charge in [-0.25, -0.2) is 0 Å². The van der Waals surface area contributed by atoms with Crippen molar-refractivity contribution in [3.05, 3.63) is 88.4 Å². The van der Waals surface area contributed by atoms with E-state index in [1.807, 2.05) is 48.5 Å². The van der Waals surface area contributed by atoms with Crippen molar-refractivity contribution < 1.29 is 19.0 Å². The number of morpholine rings is 1. The molecule has 1 amide bonds. The van der Waals surface area contributed by atoms with Crippen molar-refractivity contribution >= 4 is 29.1 Å². The Morgan fingerprint density at radius 1 is 1.00 bits per heavy atom. The summed E-state index contributed by atoms with van der Waals surface area (Å²) in [4.78, 5) is 14.1. The van der Waals surface area contributed by atoms with E-state index in [1.165, 1.54) is 0 Å². The lowest BCUT2D eigenvalue weighted by atomic mass is 9.97. The van der Waals surface area contributed by atoms with Gasteiger partial charge in [0.15, 0.2) is 0 Å². The fourth-order valence-electron chi connectivity index (χ4n) is 4.03. The second-order valence-corrected chi connectivity index (χ2v) is 9.17. The van der Waals surface area contributed by atoms with E-state index in [-0.39, 0.29) is 13.0 Å². The van der Waals surface area contributed by atoms with Gasteiger partial charge in [-0.2, -0.15) is 0 Å². The van der Waals surface area contributed by atoms with Gasteiger partial charge in [0.25, 0.3) is 0 Å². The average Bonchev–Trinajstić information content (AvgIpc) is 2.79. The number of rotatable bonds is 9. The number of primary amides is 1. The van der Waals surface area contributed by atoms with E-state index in [0.717, 1.165) is 11.3 Å². The molecule has 0 spiro atoms. The van der Waals surface area contributed by atoms with E-state index >= 15 is 0 Å². The van der Waals surface area contributed by atoms with Crippen molar-refractivity contribution in [2.75, 3.05) is 26.3 Å². The molecule has 8 heteroatoms. The van der Waals surface area contributed by atoms with Crippen LogP contribution in [0.4, 0.5) is 0 Å². The molecule has 0 saturated carbocycles. The Labute approximate surface area is 209 Å². The maximum Gasteiger partial charge on any atom is 0.220 e. The monoisotopic (exact) mass is 500 g/mol. The van der Waals surface area contributed by atoms with Crippen molar-refractivity contribution in [3.63, 3.8) is 0 Å². The fourth-order valence-corrected chi connectivity index (χ4v) is 4.39. The quantitative estimate of drug-likeness (QED) is 0.430. The molecule has 0 bridgehead atoms. The lowest BCUT2D eigenvalue weighted by Crippen LogP contribution is -2.56. The first kappa shape index (κ1) is 24.4. The lowest BCUT2D eigenvalue weighted by Gasteiger charge is -2.42. The molecule has 1 heterocycles. The van der Waals surface area contributed by atoms with Crippen LogP contribution >= 0.6 is 23.2 Å². The molecule has 3 aromatic rings. The van der Waals surface area contributed by atoms with Gasteiger partial charge in [-0.15, -0.1) is 0 Å². The van der Waals surface area contributed by atoms with Crippen LogP contribution in [0.25, 0.3) is 0 Å². The SMILES string of the molecule is NC(=O)C[C@@]1(COc2cccc(Cl)c2)CN(Cc2ccccc2Oc2cccc(Cl)c2)CCO1. The van der Waals surface area contributed by atoms with Crippen LogP contribution in [-0.4, -0.2) is 42.7 Å². The van der Waals surface area contributed by atoms with Crippen LogP contribution in [0.1, 0.15) is 12.0 Å². The Bertz CT molecular complexity index is 1140. The number of halogens is 2. The van der Waals surface area contributed by atoms with Gasteiger partial charge in [-0.1, -0.05) is 53.5 Å². The number of ether oxygens (including phenoxy) is 3. The third-order valence-electron chi connectivity index (χ3n) is 5.51. The van der Waals surface area contributed by atoms with Gasteiger partial charge in [0.05, 0.1) is 13.0 Å². The largest absolute Gasteiger partial charge is 0.490 e. The maximum atomic E-state index is 11.9. The molecule has 3 aromatic carbocycles. The van der Waals surface area contributed by atoms with Crippen LogP contribution in [0, 0.1) is 0 Å². The number of nitrogens with two attached hydrogens (primary N) is 1. The highest BCUT2D eigenvalue weighted by Crippen LogP contribution is 2.30. The molecule has 178 valence electrons. The number of nitrogens with zero attached hydrogens (tertiary/aromatic N) is 1. The van der Waals surface area contributed by atoms with Crippen molar-refractivity contribution in [1.29, 1.82) is 0 Å². The fraction of sp³-hybridized carbons (Fsp3) is 0.269. The molecule has 1 saturated heterocycles. The van der Waals surface area contributed by atoms with Crippen molar-refractivity contribution in [2.24, 2.45) is 5.73 Å². The molecule has 34 heavy (non-hydrogen) atoms. The second kappa shape index (κ2) is 11.1. The Balaban J connectivity index is 1.49. The highest BCUT2D eigenvalue weighted by atomic mass is 35.5. The summed E-state index contributed by atoms with van der Waals surface area (Å²) in [5.41, 5.74) is 5.72.